The fraction of sp³-hybridized carbons (Fsp3) is 0.455. The van der Waals surface area contributed by atoms with Crippen molar-refractivity contribution in [1.29, 1.82) is 0 Å². The molecular formula is C22H29NO2. The van der Waals surface area contributed by atoms with E-state index in [9.17, 15) is 5.11 Å². The van der Waals surface area contributed by atoms with Gasteiger partial charge in [0.15, 0.2) is 0 Å². The molecule has 2 aromatic carbocycles. The average Bonchev–Trinajstić information content (AvgIpc) is 2.61. The molecule has 134 valence electrons. The van der Waals surface area contributed by atoms with Crippen LogP contribution < -0.4 is 0 Å². The first kappa shape index (κ1) is 18.1. The summed E-state index contributed by atoms with van der Waals surface area (Å²) in [5.41, 5.74) is 0.888. The van der Waals surface area contributed by atoms with Gasteiger partial charge in [-0.15, -0.1) is 0 Å². The van der Waals surface area contributed by atoms with Gasteiger partial charge >= 0.3 is 0 Å². The highest BCUT2D eigenvalue weighted by Gasteiger charge is 2.39. The molecule has 0 spiro atoms. The van der Waals surface area contributed by atoms with Gasteiger partial charge in [-0.3, -0.25) is 4.90 Å². The van der Waals surface area contributed by atoms with Crippen LogP contribution in [0.25, 0.3) is 0 Å². The molecule has 1 saturated heterocycles. The third-order valence-electron chi connectivity index (χ3n) is 5.17. The van der Waals surface area contributed by atoms with E-state index in [1.807, 2.05) is 60.7 Å². The summed E-state index contributed by atoms with van der Waals surface area (Å²) >= 11 is 0. The molecular weight excluding hydrogens is 310 g/mol. The van der Waals surface area contributed by atoms with E-state index in [1.165, 1.54) is 0 Å². The summed E-state index contributed by atoms with van der Waals surface area (Å²) in [6, 6.07) is 20.0. The number of rotatable bonds is 5. The maximum atomic E-state index is 11.8. The molecule has 1 fully saturated rings. The van der Waals surface area contributed by atoms with Crippen molar-refractivity contribution >= 4 is 0 Å². The van der Waals surface area contributed by atoms with Crippen LogP contribution in [0, 0.1) is 5.92 Å². The summed E-state index contributed by atoms with van der Waals surface area (Å²) < 4.78 is 5.85. The Morgan fingerprint density at radius 2 is 1.40 bits per heavy atom. The molecule has 3 nitrogen and oxygen atoms in total. The first-order valence-corrected chi connectivity index (χ1v) is 9.21. The molecule has 1 aliphatic heterocycles. The third-order valence-corrected chi connectivity index (χ3v) is 5.17. The van der Waals surface area contributed by atoms with Crippen LogP contribution in [0.2, 0.25) is 0 Å². The summed E-state index contributed by atoms with van der Waals surface area (Å²) in [4.78, 5) is 2.42. The van der Waals surface area contributed by atoms with Crippen molar-refractivity contribution in [1.82, 2.24) is 4.90 Å². The zero-order chi connectivity index (χ0) is 17.9. The first-order valence-electron chi connectivity index (χ1n) is 9.21. The zero-order valence-corrected chi connectivity index (χ0v) is 15.4. The number of aliphatic hydroxyl groups is 1. The zero-order valence-electron chi connectivity index (χ0n) is 15.4. The number of ether oxygens (including phenoxy) is 1. The summed E-state index contributed by atoms with van der Waals surface area (Å²) in [7, 11) is 0. The molecule has 25 heavy (non-hydrogen) atoms. The van der Waals surface area contributed by atoms with Crippen LogP contribution in [-0.2, 0) is 10.3 Å². The number of nitrogens with zero attached hydrogens (tertiary/aromatic N) is 1. The average molecular weight is 339 g/mol. The van der Waals surface area contributed by atoms with Gasteiger partial charge in [0, 0.05) is 25.6 Å². The van der Waals surface area contributed by atoms with Crippen LogP contribution in [0.15, 0.2) is 60.7 Å². The van der Waals surface area contributed by atoms with Crippen LogP contribution in [0.4, 0.5) is 0 Å². The lowest BCUT2D eigenvalue weighted by Gasteiger charge is -2.41. The minimum atomic E-state index is -1.01. The van der Waals surface area contributed by atoms with Gasteiger partial charge in [0.2, 0.25) is 0 Å². The molecule has 0 saturated carbocycles. The van der Waals surface area contributed by atoms with Gasteiger partial charge in [-0.1, -0.05) is 67.6 Å². The number of hydrogen-bond donors (Lipinski definition) is 1. The molecule has 3 heteroatoms. The Morgan fingerprint density at radius 3 is 1.84 bits per heavy atom. The first-order chi connectivity index (χ1) is 12.0. The Hall–Kier alpha value is -1.68. The van der Waals surface area contributed by atoms with Crippen molar-refractivity contribution in [2.24, 2.45) is 5.92 Å². The predicted octanol–water partition coefficient (Wildman–Crippen LogP) is 3.67. The summed E-state index contributed by atoms with van der Waals surface area (Å²) in [5.74, 6) is 0.0507. The fourth-order valence-electron chi connectivity index (χ4n) is 4.07. The molecule has 0 radical (unpaired) electrons. The summed E-state index contributed by atoms with van der Waals surface area (Å²) in [6.45, 7) is 9.04. The van der Waals surface area contributed by atoms with Crippen molar-refractivity contribution in [2.75, 3.05) is 19.6 Å². The molecule has 0 aromatic heterocycles. The van der Waals surface area contributed by atoms with Gasteiger partial charge in [0.05, 0.1) is 12.2 Å². The van der Waals surface area contributed by atoms with E-state index in [0.717, 1.165) is 30.8 Å². The normalized spacial score (nSPS) is 23.4. The van der Waals surface area contributed by atoms with E-state index in [0.29, 0.717) is 0 Å². The minimum absolute atomic E-state index is 0.0507. The Bertz CT molecular complexity index is 609. The van der Waals surface area contributed by atoms with E-state index in [-0.39, 0.29) is 18.1 Å². The van der Waals surface area contributed by atoms with Crippen molar-refractivity contribution in [3.05, 3.63) is 71.8 Å². The highest BCUT2D eigenvalue weighted by molar-refractivity contribution is 5.36. The van der Waals surface area contributed by atoms with Gasteiger partial charge in [-0.05, 0) is 25.0 Å². The van der Waals surface area contributed by atoms with Gasteiger partial charge in [0.1, 0.15) is 5.60 Å². The lowest BCUT2D eigenvalue weighted by molar-refractivity contribution is -0.0819. The maximum absolute atomic E-state index is 11.8. The molecule has 1 N–H and O–H groups in total. The van der Waals surface area contributed by atoms with Gasteiger partial charge in [0.25, 0.3) is 0 Å². The lowest BCUT2D eigenvalue weighted by atomic mass is 9.76. The molecule has 1 aliphatic rings. The second kappa shape index (κ2) is 7.69. The Labute approximate surface area is 151 Å². The van der Waals surface area contributed by atoms with Crippen molar-refractivity contribution in [3.8, 4) is 0 Å². The molecule has 3 rings (SSSR count). The van der Waals surface area contributed by atoms with Crippen LogP contribution >= 0.6 is 0 Å². The Balaban J connectivity index is 1.89. The van der Waals surface area contributed by atoms with Crippen LogP contribution in [0.5, 0.6) is 0 Å². The van der Waals surface area contributed by atoms with Crippen molar-refractivity contribution < 1.29 is 9.84 Å². The molecule has 0 bridgehead atoms. The summed E-state index contributed by atoms with van der Waals surface area (Å²) in [6.07, 6.45) is 0.468. The van der Waals surface area contributed by atoms with Crippen LogP contribution in [0.1, 0.15) is 31.9 Å². The maximum Gasteiger partial charge on any atom is 0.118 e. The van der Waals surface area contributed by atoms with E-state index < -0.39 is 5.60 Å². The largest absolute Gasteiger partial charge is 0.380 e. The molecule has 2 aromatic rings. The smallest absolute Gasteiger partial charge is 0.118 e. The van der Waals surface area contributed by atoms with E-state index >= 15 is 0 Å². The van der Waals surface area contributed by atoms with Crippen molar-refractivity contribution in [3.63, 3.8) is 0 Å². The van der Waals surface area contributed by atoms with E-state index in [4.69, 9.17) is 4.74 Å². The molecule has 3 atom stereocenters. The van der Waals surface area contributed by atoms with Crippen LogP contribution in [-0.4, -0.2) is 41.8 Å². The molecule has 0 amide bonds. The molecule has 3 unspecified atom stereocenters. The minimum Gasteiger partial charge on any atom is -0.380 e. The van der Waals surface area contributed by atoms with Gasteiger partial charge < -0.3 is 9.84 Å². The van der Waals surface area contributed by atoms with Gasteiger partial charge in [-0.2, -0.15) is 0 Å². The fourth-order valence-corrected chi connectivity index (χ4v) is 4.07. The quantitative estimate of drug-likeness (QED) is 0.902. The van der Waals surface area contributed by atoms with E-state index in [2.05, 4.69) is 25.7 Å². The van der Waals surface area contributed by atoms with Crippen LogP contribution in [0.3, 0.4) is 0 Å². The highest BCUT2D eigenvalue weighted by atomic mass is 16.5. The number of benzene rings is 2. The Morgan fingerprint density at radius 1 is 0.960 bits per heavy atom. The van der Waals surface area contributed by atoms with E-state index in [1.54, 1.807) is 0 Å². The van der Waals surface area contributed by atoms with Crippen molar-refractivity contribution in [2.45, 2.75) is 38.6 Å². The standard InChI is InChI=1S/C22H29NO2/c1-17(14-23-15-18(2)25-19(3)16-23)22(24,20-10-6-4-7-11-20)21-12-8-5-9-13-21/h4-13,17-19,24H,14-16H2,1-3H3. The predicted molar refractivity (Wildman–Crippen MR) is 101 cm³/mol. The highest BCUT2D eigenvalue weighted by Crippen LogP contribution is 2.37. The monoisotopic (exact) mass is 339 g/mol. The number of hydrogen-bond acceptors (Lipinski definition) is 3. The molecule has 1 heterocycles. The SMILES string of the molecule is CC1CN(CC(C)C(O)(c2ccccc2)c2ccccc2)CC(C)O1. The topological polar surface area (TPSA) is 32.7 Å². The molecule has 0 aliphatic carbocycles. The third kappa shape index (κ3) is 3.95. The summed E-state index contributed by atoms with van der Waals surface area (Å²) in [5, 5.41) is 11.8. The second-order valence-corrected chi connectivity index (χ2v) is 7.38. The van der Waals surface area contributed by atoms with Gasteiger partial charge in [-0.25, -0.2) is 0 Å². The lowest BCUT2D eigenvalue weighted by Crippen LogP contribution is -2.50. The number of morpholine rings is 1. The second-order valence-electron chi connectivity index (χ2n) is 7.38. The Kier molecular flexibility index (Phi) is 5.57.